The predicted octanol–water partition coefficient (Wildman–Crippen LogP) is 4.95. The molecule has 1 fully saturated rings. The maximum atomic E-state index is 12.0. The highest BCUT2D eigenvalue weighted by Crippen LogP contribution is 2.33. The second-order valence-corrected chi connectivity index (χ2v) is 9.64. The molecule has 0 unspecified atom stereocenters. The van der Waals surface area contributed by atoms with Crippen LogP contribution in [0, 0.1) is 6.92 Å². The van der Waals surface area contributed by atoms with Gasteiger partial charge in [-0.2, -0.15) is 0 Å². The zero-order valence-electron chi connectivity index (χ0n) is 20.6. The summed E-state index contributed by atoms with van der Waals surface area (Å²) in [6.45, 7) is 5.27. The van der Waals surface area contributed by atoms with Gasteiger partial charge in [0.05, 0.1) is 18.1 Å². The molecule has 0 spiro atoms. The van der Waals surface area contributed by atoms with Gasteiger partial charge in [0.15, 0.2) is 5.69 Å². The average molecular weight is 480 g/mol. The molecule has 3 aromatic heterocycles. The second-order valence-electron chi connectivity index (χ2n) is 9.64. The first kappa shape index (κ1) is 22.6. The molecule has 0 radical (unpaired) electrons. The number of hydrogen-bond acceptors (Lipinski definition) is 6. The van der Waals surface area contributed by atoms with Gasteiger partial charge in [0.25, 0.3) is 0 Å². The van der Waals surface area contributed by atoms with E-state index < -0.39 is 5.97 Å². The fourth-order valence-electron chi connectivity index (χ4n) is 5.60. The van der Waals surface area contributed by atoms with Crippen LogP contribution in [0.5, 0.6) is 0 Å². The Morgan fingerprint density at radius 3 is 2.61 bits per heavy atom. The number of nitrogens with zero attached hydrogens (tertiary/aromatic N) is 5. The Morgan fingerprint density at radius 1 is 0.972 bits per heavy atom. The van der Waals surface area contributed by atoms with Crippen LogP contribution in [-0.2, 0) is 11.2 Å². The summed E-state index contributed by atoms with van der Waals surface area (Å²) in [7, 11) is 1.36. The van der Waals surface area contributed by atoms with Crippen molar-refractivity contribution in [3.8, 4) is 0 Å². The molecule has 0 aliphatic carbocycles. The van der Waals surface area contributed by atoms with Crippen molar-refractivity contribution in [3.63, 3.8) is 0 Å². The Balaban J connectivity index is 1.16. The summed E-state index contributed by atoms with van der Waals surface area (Å²) in [4.78, 5) is 19.3. The minimum atomic E-state index is -0.473. The van der Waals surface area contributed by atoms with Gasteiger partial charge in [-0.3, -0.25) is 4.98 Å². The van der Waals surface area contributed by atoms with Gasteiger partial charge in [0.1, 0.15) is 5.52 Å². The lowest BCUT2D eigenvalue weighted by Crippen LogP contribution is -2.34. The highest BCUT2D eigenvalue weighted by atomic mass is 16.5. The number of fused-ring (bicyclic) bond motifs is 4. The van der Waals surface area contributed by atoms with Crippen LogP contribution in [0.1, 0.15) is 46.1 Å². The van der Waals surface area contributed by atoms with Gasteiger partial charge in [0, 0.05) is 23.0 Å². The minimum Gasteiger partial charge on any atom is -0.464 e. The Kier molecular flexibility index (Phi) is 5.85. The molecule has 0 saturated carbocycles. The third-order valence-electron chi connectivity index (χ3n) is 7.52. The Bertz CT molecular complexity index is 1580. The summed E-state index contributed by atoms with van der Waals surface area (Å²) >= 11 is 0. The number of ether oxygens (including phenoxy) is 1. The number of carbonyl (C=O) groups is 1. The summed E-state index contributed by atoms with van der Waals surface area (Å²) in [5, 5.41) is 10.7. The number of aromatic nitrogens is 4. The molecule has 1 saturated heterocycles. The summed E-state index contributed by atoms with van der Waals surface area (Å²) < 4.78 is 6.58. The van der Waals surface area contributed by atoms with Crippen molar-refractivity contribution in [1.29, 1.82) is 0 Å². The quantitative estimate of drug-likeness (QED) is 0.332. The van der Waals surface area contributed by atoms with Crippen molar-refractivity contribution >= 4 is 33.3 Å². The molecule has 7 heteroatoms. The van der Waals surface area contributed by atoms with Crippen molar-refractivity contribution in [1.82, 2.24) is 24.7 Å². The molecule has 0 bridgehead atoms. The van der Waals surface area contributed by atoms with Crippen LogP contribution in [0.3, 0.4) is 0 Å². The first-order valence-electron chi connectivity index (χ1n) is 12.6. The van der Waals surface area contributed by atoms with Crippen molar-refractivity contribution in [2.24, 2.45) is 0 Å². The van der Waals surface area contributed by atoms with Gasteiger partial charge in [-0.05, 0) is 80.6 Å². The number of methoxy groups -OCH3 is 1. The van der Waals surface area contributed by atoms with Gasteiger partial charge >= 0.3 is 5.97 Å². The molecule has 0 N–H and O–H groups in total. The molecule has 6 rings (SSSR count). The van der Waals surface area contributed by atoms with E-state index in [-0.39, 0.29) is 5.69 Å². The van der Waals surface area contributed by atoms with Crippen LogP contribution in [0.25, 0.3) is 27.3 Å². The molecule has 4 heterocycles. The first-order valence-corrected chi connectivity index (χ1v) is 12.6. The number of rotatable bonds is 5. The molecule has 182 valence electrons. The van der Waals surface area contributed by atoms with Crippen molar-refractivity contribution in [2.45, 2.75) is 32.1 Å². The average Bonchev–Trinajstić information content (AvgIpc) is 3.36. The Labute approximate surface area is 209 Å². The molecule has 1 aliphatic rings. The van der Waals surface area contributed by atoms with E-state index >= 15 is 0 Å². The number of piperidine rings is 1. The second kappa shape index (κ2) is 9.32. The highest BCUT2D eigenvalue weighted by Gasteiger charge is 2.22. The van der Waals surface area contributed by atoms with Crippen LogP contribution < -0.4 is 0 Å². The van der Waals surface area contributed by atoms with E-state index in [1.807, 2.05) is 12.1 Å². The van der Waals surface area contributed by atoms with E-state index in [1.54, 1.807) is 4.52 Å². The van der Waals surface area contributed by atoms with Gasteiger partial charge in [-0.15, -0.1) is 5.10 Å². The van der Waals surface area contributed by atoms with E-state index in [9.17, 15) is 4.79 Å². The predicted molar refractivity (Wildman–Crippen MR) is 140 cm³/mol. The summed E-state index contributed by atoms with van der Waals surface area (Å²) in [5.41, 5.74) is 6.74. The van der Waals surface area contributed by atoms with Crippen LogP contribution in [-0.4, -0.2) is 57.4 Å². The normalized spacial score (nSPS) is 15.2. The SMILES string of the molecule is COC(=O)c1nnn2c1ccc1c(CCN3CCC(c4cccc5nc(C)ccc45)CC3)cccc12. The van der Waals surface area contributed by atoms with Gasteiger partial charge in [-0.25, -0.2) is 9.31 Å². The van der Waals surface area contributed by atoms with E-state index in [1.165, 1.54) is 36.5 Å². The molecule has 0 atom stereocenters. The number of esters is 1. The van der Waals surface area contributed by atoms with E-state index in [0.29, 0.717) is 11.4 Å². The van der Waals surface area contributed by atoms with Crippen LogP contribution >= 0.6 is 0 Å². The number of likely N-dealkylation sites (tertiary alicyclic amines) is 1. The van der Waals surface area contributed by atoms with Gasteiger partial charge < -0.3 is 9.64 Å². The topological polar surface area (TPSA) is 72.6 Å². The maximum Gasteiger partial charge on any atom is 0.360 e. The van der Waals surface area contributed by atoms with Crippen molar-refractivity contribution in [3.05, 3.63) is 83.2 Å². The summed E-state index contributed by atoms with van der Waals surface area (Å²) in [5.74, 6) is 0.107. The van der Waals surface area contributed by atoms with E-state index in [0.717, 1.165) is 48.2 Å². The fraction of sp³-hybridized carbons (Fsp3) is 0.310. The Morgan fingerprint density at radius 2 is 1.78 bits per heavy atom. The standard InChI is InChI=1S/C29H29N5O2/c1-19-9-10-24-22(6-4-7-25(24)30-19)21-14-17-33(18-15-21)16-13-20-5-3-8-26-23(20)11-12-27-28(29(35)36-2)31-32-34(26)27/h3-12,21H,13-18H2,1-2H3. The molecule has 0 amide bonds. The van der Waals surface area contributed by atoms with Gasteiger partial charge in [0.2, 0.25) is 0 Å². The minimum absolute atomic E-state index is 0.241. The van der Waals surface area contributed by atoms with E-state index in [4.69, 9.17) is 9.72 Å². The van der Waals surface area contributed by atoms with Crippen LogP contribution in [0.2, 0.25) is 0 Å². The molecular weight excluding hydrogens is 450 g/mol. The monoisotopic (exact) mass is 479 g/mol. The molecule has 5 aromatic rings. The van der Waals surface area contributed by atoms with Crippen LogP contribution in [0.15, 0.2) is 60.7 Å². The molecule has 1 aliphatic heterocycles. The third kappa shape index (κ3) is 3.99. The van der Waals surface area contributed by atoms with E-state index in [2.05, 4.69) is 70.7 Å². The summed E-state index contributed by atoms with van der Waals surface area (Å²) in [6, 6.07) is 21.1. The number of benzene rings is 2. The summed E-state index contributed by atoms with van der Waals surface area (Å²) in [6.07, 6.45) is 3.29. The zero-order chi connectivity index (χ0) is 24.6. The maximum absolute atomic E-state index is 12.0. The molecule has 7 nitrogen and oxygen atoms in total. The number of carbonyl (C=O) groups excluding carboxylic acids is 1. The zero-order valence-corrected chi connectivity index (χ0v) is 20.6. The van der Waals surface area contributed by atoms with Crippen molar-refractivity contribution < 1.29 is 9.53 Å². The molecular formula is C29H29N5O2. The lowest BCUT2D eigenvalue weighted by Gasteiger charge is -2.32. The van der Waals surface area contributed by atoms with Crippen LogP contribution in [0.4, 0.5) is 0 Å². The molecule has 36 heavy (non-hydrogen) atoms. The number of pyridine rings is 2. The number of hydrogen-bond donors (Lipinski definition) is 0. The fourth-order valence-corrected chi connectivity index (χ4v) is 5.60. The third-order valence-corrected chi connectivity index (χ3v) is 7.52. The lowest BCUT2D eigenvalue weighted by molar-refractivity contribution is 0.0596. The van der Waals surface area contributed by atoms with Crippen molar-refractivity contribution in [2.75, 3.05) is 26.7 Å². The first-order chi connectivity index (χ1) is 17.6. The highest BCUT2D eigenvalue weighted by molar-refractivity contribution is 5.97. The van der Waals surface area contributed by atoms with Gasteiger partial charge in [-0.1, -0.05) is 41.6 Å². The smallest absolute Gasteiger partial charge is 0.360 e. The number of aryl methyl sites for hydroxylation is 1. The molecule has 2 aromatic carbocycles. The lowest BCUT2D eigenvalue weighted by atomic mass is 9.87. The largest absolute Gasteiger partial charge is 0.464 e. The Hall–Kier alpha value is -3.84.